The van der Waals surface area contributed by atoms with Crippen molar-refractivity contribution in [2.45, 2.75) is 0 Å². The molecule has 0 aromatic carbocycles. The van der Waals surface area contributed by atoms with E-state index in [-0.39, 0.29) is 0 Å². The third-order valence-electron chi connectivity index (χ3n) is 0.638. The number of nitrogens with one attached hydrogen (secondary N) is 1. The molecule has 0 unspecified atom stereocenters. The summed E-state index contributed by atoms with van der Waals surface area (Å²) in [6.07, 6.45) is 0. The minimum absolute atomic E-state index is 0.406. The zero-order chi connectivity index (χ0) is 6.15. The van der Waals surface area contributed by atoms with E-state index in [4.69, 9.17) is 5.73 Å². The topological polar surface area (TPSA) is 54.7 Å². The van der Waals surface area contributed by atoms with Crippen LogP contribution < -0.4 is 5.73 Å². The van der Waals surface area contributed by atoms with Crippen LogP contribution in [0.3, 0.4) is 0 Å². The first kappa shape index (κ1) is 6.10. The van der Waals surface area contributed by atoms with E-state index in [2.05, 4.69) is 41.8 Å². The number of anilines is 1. The first-order valence-electron chi connectivity index (χ1n) is 1.86. The van der Waals surface area contributed by atoms with Crippen LogP contribution in [0.15, 0.2) is 9.21 Å². The van der Waals surface area contributed by atoms with E-state index in [1.165, 1.54) is 0 Å². The highest BCUT2D eigenvalue weighted by Gasteiger charge is 1.98. The van der Waals surface area contributed by atoms with Crippen molar-refractivity contribution in [3.8, 4) is 0 Å². The molecule has 1 aromatic heterocycles. The normalized spacial score (nSPS) is 9.75. The minimum atomic E-state index is 0.406. The summed E-state index contributed by atoms with van der Waals surface area (Å²) in [4.78, 5) is 6.55. The van der Waals surface area contributed by atoms with Crippen LogP contribution in [0, 0.1) is 0 Å². The molecule has 0 fully saturated rings. The van der Waals surface area contributed by atoms with Crippen LogP contribution in [0.25, 0.3) is 0 Å². The summed E-state index contributed by atoms with van der Waals surface area (Å²) in [7, 11) is 0. The highest BCUT2D eigenvalue weighted by Crippen LogP contribution is 2.19. The Kier molecular flexibility index (Phi) is 1.57. The van der Waals surface area contributed by atoms with E-state index < -0.39 is 0 Å². The first-order chi connectivity index (χ1) is 3.70. The van der Waals surface area contributed by atoms with Gasteiger partial charge in [0.05, 0.1) is 0 Å². The van der Waals surface area contributed by atoms with Crippen molar-refractivity contribution < 1.29 is 0 Å². The largest absolute Gasteiger partial charge is 0.369 e. The molecule has 8 heavy (non-hydrogen) atoms. The Hall–Kier alpha value is -0.0300. The Morgan fingerprint density at radius 1 is 1.50 bits per heavy atom. The minimum Gasteiger partial charge on any atom is -0.369 e. The highest BCUT2D eigenvalue weighted by atomic mass is 79.9. The van der Waals surface area contributed by atoms with Crippen molar-refractivity contribution >= 4 is 37.8 Å². The first-order valence-corrected chi connectivity index (χ1v) is 3.45. The summed E-state index contributed by atoms with van der Waals surface area (Å²) in [5.74, 6) is 0.406. The van der Waals surface area contributed by atoms with E-state index in [1.54, 1.807) is 0 Å². The van der Waals surface area contributed by atoms with Gasteiger partial charge < -0.3 is 10.7 Å². The fraction of sp³-hybridized carbons (Fsp3) is 0. The van der Waals surface area contributed by atoms with Gasteiger partial charge in [-0.05, 0) is 31.9 Å². The van der Waals surface area contributed by atoms with Gasteiger partial charge in [-0.1, -0.05) is 0 Å². The number of nitrogen functional groups attached to an aromatic ring is 1. The molecule has 3 N–H and O–H groups in total. The molecule has 1 rings (SSSR count). The van der Waals surface area contributed by atoms with Gasteiger partial charge in [-0.2, -0.15) is 0 Å². The standard InChI is InChI=1S/C3H3Br2N3/c4-1-2(5)8-3(6)7-1/h(H3,6,7,8). The maximum Gasteiger partial charge on any atom is 0.199 e. The van der Waals surface area contributed by atoms with Crippen LogP contribution in [0.1, 0.15) is 0 Å². The monoisotopic (exact) mass is 239 g/mol. The van der Waals surface area contributed by atoms with Crippen molar-refractivity contribution in [1.29, 1.82) is 0 Å². The van der Waals surface area contributed by atoms with Crippen LogP contribution >= 0.6 is 31.9 Å². The summed E-state index contributed by atoms with van der Waals surface area (Å²) in [5.41, 5.74) is 5.25. The number of aromatic nitrogens is 2. The molecule has 0 radical (unpaired) electrons. The highest BCUT2D eigenvalue weighted by molar-refractivity contribution is 9.13. The molecule has 0 aliphatic rings. The van der Waals surface area contributed by atoms with Gasteiger partial charge in [-0.25, -0.2) is 4.98 Å². The Morgan fingerprint density at radius 3 is 2.25 bits per heavy atom. The second-order valence-corrected chi connectivity index (χ2v) is 2.77. The molecular weight excluding hydrogens is 238 g/mol. The molecular formula is C3H3Br2N3. The summed E-state index contributed by atoms with van der Waals surface area (Å²) in [5, 5.41) is 0. The fourth-order valence-electron chi connectivity index (χ4n) is 0.347. The van der Waals surface area contributed by atoms with Gasteiger partial charge in [0.25, 0.3) is 0 Å². The number of imidazole rings is 1. The maximum absolute atomic E-state index is 5.25. The number of hydrogen-bond acceptors (Lipinski definition) is 2. The van der Waals surface area contributed by atoms with E-state index >= 15 is 0 Å². The van der Waals surface area contributed by atoms with E-state index in [9.17, 15) is 0 Å². The summed E-state index contributed by atoms with van der Waals surface area (Å²) in [6, 6.07) is 0. The van der Waals surface area contributed by atoms with E-state index in [1.807, 2.05) is 0 Å². The third kappa shape index (κ3) is 1.03. The molecule has 0 spiro atoms. The molecule has 0 atom stereocenters. The van der Waals surface area contributed by atoms with Gasteiger partial charge in [-0.15, -0.1) is 0 Å². The van der Waals surface area contributed by atoms with Crippen LogP contribution in [-0.4, -0.2) is 9.97 Å². The molecule has 1 heterocycles. The van der Waals surface area contributed by atoms with Crippen molar-refractivity contribution in [3.63, 3.8) is 0 Å². The molecule has 44 valence electrons. The van der Waals surface area contributed by atoms with Gasteiger partial charge in [0.1, 0.15) is 9.21 Å². The summed E-state index contributed by atoms with van der Waals surface area (Å²) < 4.78 is 1.48. The summed E-state index contributed by atoms with van der Waals surface area (Å²) in [6.45, 7) is 0. The van der Waals surface area contributed by atoms with Gasteiger partial charge >= 0.3 is 0 Å². The van der Waals surface area contributed by atoms with E-state index in [0.29, 0.717) is 10.6 Å². The number of hydrogen-bond donors (Lipinski definition) is 2. The molecule has 0 aliphatic heterocycles. The molecule has 0 bridgehead atoms. The number of halogens is 2. The lowest BCUT2D eigenvalue weighted by Crippen LogP contribution is -1.84. The number of aromatic amines is 1. The Morgan fingerprint density at radius 2 is 2.12 bits per heavy atom. The molecule has 0 saturated heterocycles. The Labute approximate surface area is 62.9 Å². The van der Waals surface area contributed by atoms with Crippen molar-refractivity contribution in [2.24, 2.45) is 0 Å². The van der Waals surface area contributed by atoms with Crippen LogP contribution in [0.4, 0.5) is 5.95 Å². The van der Waals surface area contributed by atoms with Crippen molar-refractivity contribution in [2.75, 3.05) is 5.73 Å². The SMILES string of the molecule is Nc1nc(Br)c(Br)[nH]1. The predicted molar refractivity (Wildman–Crippen MR) is 38.4 cm³/mol. The Balaban J connectivity index is 3.14. The quantitative estimate of drug-likeness (QED) is 0.723. The smallest absolute Gasteiger partial charge is 0.199 e. The lowest BCUT2D eigenvalue weighted by atomic mass is 11.0. The molecule has 0 saturated carbocycles. The zero-order valence-corrected chi connectivity index (χ0v) is 6.95. The number of nitrogens with zero attached hydrogens (tertiary/aromatic N) is 1. The molecule has 5 heteroatoms. The number of rotatable bonds is 0. The number of H-pyrrole nitrogens is 1. The van der Waals surface area contributed by atoms with Crippen LogP contribution in [-0.2, 0) is 0 Å². The van der Waals surface area contributed by atoms with Gasteiger partial charge in [-0.3, -0.25) is 0 Å². The predicted octanol–water partition coefficient (Wildman–Crippen LogP) is 1.52. The average molecular weight is 241 g/mol. The lowest BCUT2D eigenvalue weighted by Gasteiger charge is -1.74. The van der Waals surface area contributed by atoms with Gasteiger partial charge in [0.2, 0.25) is 0 Å². The summed E-state index contributed by atoms with van der Waals surface area (Å²) >= 11 is 6.32. The van der Waals surface area contributed by atoms with Gasteiger partial charge in [0.15, 0.2) is 5.95 Å². The molecule has 0 amide bonds. The van der Waals surface area contributed by atoms with E-state index in [0.717, 1.165) is 4.60 Å². The average Bonchev–Trinajstić information content (AvgIpc) is 1.85. The van der Waals surface area contributed by atoms with Gasteiger partial charge in [0, 0.05) is 0 Å². The fourth-order valence-corrected chi connectivity index (χ4v) is 0.929. The lowest BCUT2D eigenvalue weighted by molar-refractivity contribution is 1.31. The molecule has 1 aromatic rings. The number of nitrogens with two attached hydrogens (primary N) is 1. The van der Waals surface area contributed by atoms with Crippen molar-refractivity contribution in [1.82, 2.24) is 9.97 Å². The second kappa shape index (κ2) is 2.06. The zero-order valence-electron chi connectivity index (χ0n) is 3.78. The Bertz CT molecular complexity index is 175. The van der Waals surface area contributed by atoms with Crippen molar-refractivity contribution in [3.05, 3.63) is 9.21 Å². The maximum atomic E-state index is 5.25. The third-order valence-corrected chi connectivity index (χ3v) is 2.32. The molecule has 0 aliphatic carbocycles. The van der Waals surface area contributed by atoms with Crippen LogP contribution in [0.2, 0.25) is 0 Å². The second-order valence-electron chi connectivity index (χ2n) is 1.23. The van der Waals surface area contributed by atoms with Crippen LogP contribution in [0.5, 0.6) is 0 Å². The molecule has 3 nitrogen and oxygen atoms in total.